The van der Waals surface area contributed by atoms with Gasteiger partial charge in [0.15, 0.2) is 0 Å². The molecule has 0 atom stereocenters. The van der Waals surface area contributed by atoms with Crippen LogP contribution in [-0.4, -0.2) is 28.5 Å². The first kappa shape index (κ1) is 17.2. The van der Waals surface area contributed by atoms with Gasteiger partial charge in [-0.15, -0.1) is 0 Å². The molecule has 8 heteroatoms. The zero-order valence-electron chi connectivity index (χ0n) is 11.6. The number of anilines is 1. The summed E-state index contributed by atoms with van der Waals surface area (Å²) in [4.78, 5) is 13.6. The topological polar surface area (TPSA) is 58.4 Å². The predicted octanol–water partition coefficient (Wildman–Crippen LogP) is 3.23. The minimum absolute atomic E-state index is 0.0967. The van der Waals surface area contributed by atoms with Crippen molar-refractivity contribution < 1.29 is 18.0 Å². The summed E-state index contributed by atoms with van der Waals surface area (Å²) in [5.74, 6) is 0. The summed E-state index contributed by atoms with van der Waals surface area (Å²) in [5, 5.41) is 2.51. The summed E-state index contributed by atoms with van der Waals surface area (Å²) >= 11 is 4.76. The first-order valence-corrected chi connectivity index (χ1v) is 6.55. The molecule has 1 rings (SSSR count). The highest BCUT2D eigenvalue weighted by Gasteiger charge is 2.30. The number of alkyl halides is 3. The summed E-state index contributed by atoms with van der Waals surface area (Å²) in [6.45, 7) is 3.66. The maximum absolute atomic E-state index is 12.4. The summed E-state index contributed by atoms with van der Waals surface area (Å²) in [6, 6.07) is 3.57. The van der Waals surface area contributed by atoms with Gasteiger partial charge in [0.1, 0.15) is 0 Å². The van der Waals surface area contributed by atoms with Crippen molar-refractivity contribution in [3.05, 3.63) is 29.8 Å². The van der Waals surface area contributed by atoms with Crippen LogP contribution in [0.3, 0.4) is 0 Å². The highest BCUT2D eigenvalue weighted by molar-refractivity contribution is 7.80. The molecule has 0 saturated carbocycles. The van der Waals surface area contributed by atoms with E-state index in [0.29, 0.717) is 0 Å². The third-order valence-electron chi connectivity index (χ3n) is 2.67. The largest absolute Gasteiger partial charge is 0.416 e. The number of hydrogen-bond acceptors (Lipinski definition) is 2. The van der Waals surface area contributed by atoms with Gasteiger partial charge in [-0.05, 0) is 38.1 Å². The highest BCUT2D eigenvalue weighted by atomic mass is 32.1. The van der Waals surface area contributed by atoms with E-state index in [2.05, 4.69) is 5.32 Å². The van der Waals surface area contributed by atoms with Crippen molar-refractivity contribution in [3.8, 4) is 0 Å². The van der Waals surface area contributed by atoms with Gasteiger partial charge in [0, 0.05) is 11.7 Å². The normalized spacial score (nSPS) is 11.3. The lowest BCUT2D eigenvalue weighted by molar-refractivity contribution is -0.137. The fourth-order valence-corrected chi connectivity index (χ4v) is 1.73. The lowest BCUT2D eigenvalue weighted by Crippen LogP contribution is -2.44. The lowest BCUT2D eigenvalue weighted by atomic mass is 10.2. The summed E-state index contributed by atoms with van der Waals surface area (Å²) in [6.07, 6.45) is -4.40. The van der Waals surface area contributed by atoms with Crippen molar-refractivity contribution in [2.75, 3.05) is 11.9 Å². The third kappa shape index (κ3) is 5.22. The zero-order valence-corrected chi connectivity index (χ0v) is 12.4. The molecule has 1 aromatic carbocycles. The molecule has 0 aliphatic carbocycles. The molecule has 0 saturated heterocycles. The van der Waals surface area contributed by atoms with Gasteiger partial charge in [0.2, 0.25) is 0 Å². The zero-order chi connectivity index (χ0) is 16.2. The smallest absolute Gasteiger partial charge is 0.392 e. The molecule has 0 aliphatic rings. The molecule has 116 valence electrons. The van der Waals surface area contributed by atoms with Crippen LogP contribution in [0.1, 0.15) is 19.4 Å². The number of urea groups is 1. The molecule has 4 nitrogen and oxygen atoms in total. The van der Waals surface area contributed by atoms with Gasteiger partial charge in [-0.3, -0.25) is 0 Å². The van der Waals surface area contributed by atoms with Crippen LogP contribution < -0.4 is 11.1 Å². The Morgan fingerprint density at radius 3 is 2.24 bits per heavy atom. The first-order valence-electron chi connectivity index (χ1n) is 6.14. The van der Waals surface area contributed by atoms with Crippen LogP contribution >= 0.6 is 12.2 Å². The van der Waals surface area contributed by atoms with E-state index in [9.17, 15) is 18.0 Å². The van der Waals surface area contributed by atoms with Crippen LogP contribution in [0.5, 0.6) is 0 Å². The predicted molar refractivity (Wildman–Crippen MR) is 79.1 cm³/mol. The van der Waals surface area contributed by atoms with E-state index in [1.54, 1.807) is 13.8 Å². The molecule has 3 N–H and O–H groups in total. The number of carbonyl (C=O) groups is 1. The monoisotopic (exact) mass is 319 g/mol. The average molecular weight is 319 g/mol. The molecule has 21 heavy (non-hydrogen) atoms. The number of nitrogens with zero attached hydrogens (tertiary/aromatic N) is 1. The van der Waals surface area contributed by atoms with Gasteiger partial charge in [0.05, 0.1) is 17.1 Å². The Morgan fingerprint density at radius 2 is 1.86 bits per heavy atom. The second-order valence-corrected chi connectivity index (χ2v) is 5.22. The van der Waals surface area contributed by atoms with Crippen LogP contribution in [0.15, 0.2) is 24.3 Å². The second-order valence-electron chi connectivity index (χ2n) is 4.69. The SMILES string of the molecule is CC(C)N(CC(N)=S)C(=O)Nc1ccc(C(F)(F)F)cc1. The van der Waals surface area contributed by atoms with Gasteiger partial charge >= 0.3 is 12.2 Å². The van der Waals surface area contributed by atoms with Crippen molar-refractivity contribution >= 4 is 28.9 Å². The van der Waals surface area contributed by atoms with E-state index < -0.39 is 17.8 Å². The fourth-order valence-electron chi connectivity index (χ4n) is 1.59. The average Bonchev–Trinajstić information content (AvgIpc) is 2.34. The van der Waals surface area contributed by atoms with E-state index in [-0.39, 0.29) is 23.3 Å². The van der Waals surface area contributed by atoms with E-state index in [4.69, 9.17) is 18.0 Å². The summed E-state index contributed by atoms with van der Waals surface area (Å²) < 4.78 is 37.3. The number of amides is 2. The van der Waals surface area contributed by atoms with Crippen LogP contribution in [0, 0.1) is 0 Å². The van der Waals surface area contributed by atoms with Crippen molar-refractivity contribution in [1.82, 2.24) is 4.90 Å². The lowest BCUT2D eigenvalue weighted by Gasteiger charge is -2.26. The molecular formula is C13H16F3N3OS. The molecule has 0 radical (unpaired) electrons. The summed E-state index contributed by atoms with van der Waals surface area (Å²) in [5.41, 5.74) is 4.91. The Hall–Kier alpha value is -1.83. The van der Waals surface area contributed by atoms with E-state index >= 15 is 0 Å². The standard InChI is InChI=1S/C13H16F3N3OS/c1-8(2)19(7-11(17)21)12(20)18-10-5-3-9(4-6-10)13(14,15)16/h3-6,8H,7H2,1-2H3,(H2,17,21)(H,18,20). The molecule has 0 spiro atoms. The Labute approximate surface area is 126 Å². The van der Waals surface area contributed by atoms with Crippen LogP contribution in [0.2, 0.25) is 0 Å². The maximum atomic E-state index is 12.4. The number of rotatable bonds is 4. The molecule has 1 aromatic rings. The number of benzene rings is 1. The van der Waals surface area contributed by atoms with Crippen LogP contribution in [0.25, 0.3) is 0 Å². The van der Waals surface area contributed by atoms with Gasteiger partial charge in [0.25, 0.3) is 0 Å². The number of hydrogen-bond donors (Lipinski definition) is 2. The number of halogens is 3. The Kier molecular flexibility index (Phi) is 5.54. The number of nitrogens with two attached hydrogens (primary N) is 1. The number of carbonyl (C=O) groups excluding carboxylic acids is 1. The number of thiocarbonyl (C=S) groups is 1. The Bertz CT molecular complexity index is 514. The van der Waals surface area contributed by atoms with Crippen molar-refractivity contribution in [2.24, 2.45) is 5.73 Å². The van der Waals surface area contributed by atoms with Crippen LogP contribution in [-0.2, 0) is 6.18 Å². The maximum Gasteiger partial charge on any atom is 0.416 e. The third-order valence-corrected chi connectivity index (χ3v) is 2.80. The molecule has 0 aliphatic heterocycles. The Morgan fingerprint density at radius 1 is 1.33 bits per heavy atom. The molecule has 0 unspecified atom stereocenters. The van der Waals surface area contributed by atoms with E-state index in [1.165, 1.54) is 17.0 Å². The van der Waals surface area contributed by atoms with Crippen molar-refractivity contribution in [1.29, 1.82) is 0 Å². The summed E-state index contributed by atoms with van der Waals surface area (Å²) in [7, 11) is 0. The molecule has 0 aromatic heterocycles. The van der Waals surface area contributed by atoms with Crippen molar-refractivity contribution in [3.63, 3.8) is 0 Å². The van der Waals surface area contributed by atoms with Crippen molar-refractivity contribution in [2.45, 2.75) is 26.1 Å². The molecule has 0 fully saturated rings. The molecule has 0 bridgehead atoms. The molecule has 2 amide bonds. The van der Waals surface area contributed by atoms with Gasteiger partial charge in [-0.25, -0.2) is 4.79 Å². The van der Waals surface area contributed by atoms with Gasteiger partial charge in [-0.1, -0.05) is 12.2 Å². The minimum Gasteiger partial charge on any atom is -0.392 e. The minimum atomic E-state index is -4.40. The first-order chi connectivity index (χ1) is 9.61. The fraction of sp³-hybridized carbons (Fsp3) is 0.385. The van der Waals surface area contributed by atoms with Gasteiger partial charge < -0.3 is 16.0 Å². The van der Waals surface area contributed by atoms with Gasteiger partial charge in [-0.2, -0.15) is 13.2 Å². The van der Waals surface area contributed by atoms with E-state index in [1.807, 2.05) is 0 Å². The Balaban J connectivity index is 2.79. The quantitative estimate of drug-likeness (QED) is 0.838. The van der Waals surface area contributed by atoms with E-state index in [0.717, 1.165) is 12.1 Å². The van der Waals surface area contributed by atoms with Crippen LogP contribution in [0.4, 0.5) is 23.7 Å². The highest BCUT2D eigenvalue weighted by Crippen LogP contribution is 2.29. The number of nitrogens with one attached hydrogen (secondary N) is 1. The second kappa shape index (κ2) is 6.75. The molecule has 0 heterocycles. The molecular weight excluding hydrogens is 303 g/mol.